The highest BCUT2D eigenvalue weighted by Crippen LogP contribution is 2.46. The van der Waals surface area contributed by atoms with E-state index in [-0.39, 0.29) is 12.0 Å². The highest BCUT2D eigenvalue weighted by Gasteiger charge is 2.43. The van der Waals surface area contributed by atoms with Crippen molar-refractivity contribution in [3.05, 3.63) is 11.7 Å². The minimum Gasteiger partial charge on any atom is -0.370 e. The van der Waals surface area contributed by atoms with E-state index in [1.54, 1.807) is 7.11 Å². The zero-order chi connectivity index (χ0) is 15.0. The van der Waals surface area contributed by atoms with Crippen molar-refractivity contribution < 1.29 is 9.26 Å². The van der Waals surface area contributed by atoms with E-state index in [2.05, 4.69) is 24.0 Å². The molecule has 114 valence electrons. The molecule has 1 fully saturated rings. The van der Waals surface area contributed by atoms with E-state index in [0.717, 1.165) is 25.7 Å². The molecule has 20 heavy (non-hydrogen) atoms. The van der Waals surface area contributed by atoms with Crippen LogP contribution in [0.15, 0.2) is 4.52 Å². The summed E-state index contributed by atoms with van der Waals surface area (Å²) in [6.45, 7) is 8.55. The summed E-state index contributed by atoms with van der Waals surface area (Å²) in [4.78, 5) is 4.56. The molecule has 2 unspecified atom stereocenters. The highest BCUT2D eigenvalue weighted by molar-refractivity contribution is 5.07. The molecule has 2 N–H and O–H groups in total. The Kier molecular flexibility index (Phi) is 4.21. The molecule has 0 bridgehead atoms. The van der Waals surface area contributed by atoms with Gasteiger partial charge in [-0.2, -0.15) is 4.98 Å². The van der Waals surface area contributed by atoms with E-state index in [1.807, 2.05) is 13.8 Å². The van der Waals surface area contributed by atoms with Gasteiger partial charge in [0.2, 0.25) is 11.7 Å². The van der Waals surface area contributed by atoms with Gasteiger partial charge in [0.15, 0.2) is 0 Å². The van der Waals surface area contributed by atoms with Crippen LogP contribution in [0.25, 0.3) is 0 Å². The molecule has 2 rings (SSSR count). The minimum absolute atomic E-state index is 0.00733. The zero-order valence-electron chi connectivity index (χ0n) is 13.3. The summed E-state index contributed by atoms with van der Waals surface area (Å²) in [5, 5.41) is 4.17. The van der Waals surface area contributed by atoms with Crippen molar-refractivity contribution in [3.8, 4) is 0 Å². The Labute approximate surface area is 121 Å². The lowest BCUT2D eigenvalue weighted by atomic mass is 9.70. The maximum Gasteiger partial charge on any atom is 0.231 e. The fourth-order valence-corrected chi connectivity index (χ4v) is 2.68. The van der Waals surface area contributed by atoms with Crippen molar-refractivity contribution in [2.75, 3.05) is 7.11 Å². The highest BCUT2D eigenvalue weighted by atomic mass is 16.5. The van der Waals surface area contributed by atoms with Crippen LogP contribution in [0.2, 0.25) is 0 Å². The Morgan fingerprint density at radius 1 is 1.20 bits per heavy atom. The molecule has 0 aromatic carbocycles. The van der Waals surface area contributed by atoms with Crippen LogP contribution in [0, 0.1) is 5.41 Å². The van der Waals surface area contributed by atoms with Crippen LogP contribution in [-0.2, 0) is 10.3 Å². The third-order valence-corrected chi connectivity index (χ3v) is 4.83. The summed E-state index contributed by atoms with van der Waals surface area (Å²) in [5.74, 6) is 1.35. The van der Waals surface area contributed by atoms with E-state index in [1.165, 1.54) is 0 Å². The van der Waals surface area contributed by atoms with E-state index >= 15 is 0 Å². The number of hydrogen-bond acceptors (Lipinski definition) is 5. The van der Waals surface area contributed by atoms with Gasteiger partial charge in [-0.3, -0.25) is 0 Å². The van der Waals surface area contributed by atoms with E-state index in [9.17, 15) is 0 Å². The largest absolute Gasteiger partial charge is 0.370 e. The molecule has 5 heteroatoms. The lowest BCUT2D eigenvalue weighted by molar-refractivity contribution is -0.0740. The molecule has 1 aliphatic rings. The first-order valence-electron chi connectivity index (χ1n) is 7.44. The van der Waals surface area contributed by atoms with Crippen molar-refractivity contribution in [2.24, 2.45) is 11.1 Å². The number of methoxy groups -OCH3 is 1. The van der Waals surface area contributed by atoms with E-state index in [0.29, 0.717) is 17.1 Å². The first-order chi connectivity index (χ1) is 9.30. The molecule has 0 radical (unpaired) electrons. The van der Waals surface area contributed by atoms with Gasteiger partial charge in [-0.15, -0.1) is 0 Å². The second-order valence-corrected chi connectivity index (χ2v) is 6.97. The number of rotatable bonds is 4. The second-order valence-electron chi connectivity index (χ2n) is 6.97. The van der Waals surface area contributed by atoms with Crippen LogP contribution in [0.1, 0.15) is 71.0 Å². The Morgan fingerprint density at radius 3 is 2.30 bits per heavy atom. The van der Waals surface area contributed by atoms with Gasteiger partial charge in [-0.1, -0.05) is 25.9 Å². The van der Waals surface area contributed by atoms with Crippen LogP contribution < -0.4 is 5.73 Å². The normalized spacial score (nSPS) is 24.3. The van der Waals surface area contributed by atoms with Gasteiger partial charge in [0.25, 0.3) is 0 Å². The molecule has 1 aliphatic carbocycles. The first-order valence-corrected chi connectivity index (χ1v) is 7.44. The van der Waals surface area contributed by atoms with E-state index in [4.69, 9.17) is 15.0 Å². The number of nitrogens with two attached hydrogens (primary N) is 1. The molecule has 0 spiro atoms. The molecule has 2 atom stereocenters. The predicted molar refractivity (Wildman–Crippen MR) is 77.3 cm³/mol. The molecular weight excluding hydrogens is 254 g/mol. The SMILES string of the molecule is COC1(c2noc(C(C)C(C)N)n2)CCC(C)(C)CC1. The third kappa shape index (κ3) is 2.88. The first kappa shape index (κ1) is 15.4. The molecule has 0 saturated heterocycles. The fourth-order valence-electron chi connectivity index (χ4n) is 2.68. The van der Waals surface area contributed by atoms with Gasteiger partial charge < -0.3 is 15.0 Å². The molecule has 1 aromatic heterocycles. The summed E-state index contributed by atoms with van der Waals surface area (Å²) in [5.41, 5.74) is 5.87. The second kappa shape index (κ2) is 5.45. The van der Waals surface area contributed by atoms with Crippen molar-refractivity contribution in [3.63, 3.8) is 0 Å². The summed E-state index contributed by atoms with van der Waals surface area (Å²) in [7, 11) is 1.74. The van der Waals surface area contributed by atoms with Crippen molar-refractivity contribution in [1.82, 2.24) is 10.1 Å². The Hall–Kier alpha value is -0.940. The molecular formula is C15H27N3O2. The Balaban J connectivity index is 2.21. The Morgan fingerprint density at radius 2 is 1.80 bits per heavy atom. The van der Waals surface area contributed by atoms with Gasteiger partial charge in [0.1, 0.15) is 5.60 Å². The molecule has 1 saturated carbocycles. The number of hydrogen-bond donors (Lipinski definition) is 1. The predicted octanol–water partition coefficient (Wildman–Crippen LogP) is 2.96. The minimum atomic E-state index is -0.394. The van der Waals surface area contributed by atoms with Crippen LogP contribution in [0.4, 0.5) is 0 Å². The molecule has 1 aromatic rings. The zero-order valence-corrected chi connectivity index (χ0v) is 13.3. The maximum atomic E-state index is 5.90. The van der Waals surface area contributed by atoms with Gasteiger partial charge in [-0.25, -0.2) is 0 Å². The molecule has 1 heterocycles. The van der Waals surface area contributed by atoms with Crippen LogP contribution in [0.5, 0.6) is 0 Å². The van der Waals surface area contributed by atoms with Gasteiger partial charge >= 0.3 is 0 Å². The summed E-state index contributed by atoms with van der Waals surface area (Å²) in [6.07, 6.45) is 4.07. The van der Waals surface area contributed by atoms with E-state index < -0.39 is 5.60 Å². The smallest absolute Gasteiger partial charge is 0.231 e. The number of nitrogens with zero attached hydrogens (tertiary/aromatic N) is 2. The van der Waals surface area contributed by atoms with Crippen LogP contribution >= 0.6 is 0 Å². The lowest BCUT2D eigenvalue weighted by Gasteiger charge is -2.40. The van der Waals surface area contributed by atoms with Crippen molar-refractivity contribution in [2.45, 2.75) is 70.9 Å². The number of aromatic nitrogens is 2. The summed E-state index contributed by atoms with van der Waals surface area (Å²) < 4.78 is 11.2. The molecule has 0 amide bonds. The van der Waals surface area contributed by atoms with Gasteiger partial charge in [0.05, 0.1) is 5.92 Å². The summed E-state index contributed by atoms with van der Waals surface area (Å²) >= 11 is 0. The average Bonchev–Trinajstić information content (AvgIpc) is 2.88. The van der Waals surface area contributed by atoms with Gasteiger partial charge in [-0.05, 0) is 38.0 Å². The average molecular weight is 281 g/mol. The van der Waals surface area contributed by atoms with Crippen LogP contribution in [0.3, 0.4) is 0 Å². The Bertz CT molecular complexity index is 444. The third-order valence-electron chi connectivity index (χ3n) is 4.83. The lowest BCUT2D eigenvalue weighted by Crippen LogP contribution is -2.37. The fraction of sp³-hybridized carbons (Fsp3) is 0.867. The maximum absolute atomic E-state index is 5.90. The van der Waals surface area contributed by atoms with Crippen molar-refractivity contribution >= 4 is 0 Å². The summed E-state index contributed by atoms with van der Waals surface area (Å²) in [6, 6.07) is -0.00733. The number of ether oxygens (including phenoxy) is 1. The topological polar surface area (TPSA) is 74.2 Å². The van der Waals surface area contributed by atoms with Crippen molar-refractivity contribution in [1.29, 1.82) is 0 Å². The standard InChI is InChI=1S/C15H27N3O2/c1-10(11(2)16)12-17-13(18-20-12)15(19-5)8-6-14(3,4)7-9-15/h10-11H,6-9,16H2,1-5H3. The monoisotopic (exact) mass is 281 g/mol. The van der Waals surface area contributed by atoms with Gasteiger partial charge in [0, 0.05) is 13.2 Å². The quantitative estimate of drug-likeness (QED) is 0.918. The van der Waals surface area contributed by atoms with Crippen LogP contribution in [-0.4, -0.2) is 23.3 Å². The molecule has 0 aliphatic heterocycles. The molecule has 5 nitrogen and oxygen atoms in total.